The minimum Gasteiger partial charge on any atom is -0.221 e. The first-order chi connectivity index (χ1) is 7.63. The molecule has 0 aliphatic carbocycles. The van der Waals surface area contributed by atoms with Crippen molar-refractivity contribution in [3.05, 3.63) is 56.5 Å². The molecule has 1 heterocycles. The van der Waals surface area contributed by atoms with Gasteiger partial charge in [0.05, 0.1) is 0 Å². The molecule has 0 fully saturated rings. The summed E-state index contributed by atoms with van der Waals surface area (Å²) in [6.45, 7) is 0. The molecule has 2 aromatic rings. The fourth-order valence-corrected chi connectivity index (χ4v) is 2.02. The van der Waals surface area contributed by atoms with E-state index in [0.29, 0.717) is 22.6 Å². The summed E-state index contributed by atoms with van der Waals surface area (Å²) in [5.41, 5.74) is 1.11. The lowest BCUT2D eigenvalue weighted by Crippen LogP contribution is -1.96. The van der Waals surface area contributed by atoms with Crippen molar-refractivity contribution in [3.8, 4) is 0 Å². The summed E-state index contributed by atoms with van der Waals surface area (Å²) >= 11 is 15.0. The highest BCUT2D eigenvalue weighted by Gasteiger charge is 2.03. The Morgan fingerprint density at radius 1 is 1.00 bits per heavy atom. The standard InChI is InChI=1S/C11H7BrCl2N2/c12-8-3-1-7(2-4-8)5-11-15-9(13)6-10(14)16-11/h1-4,6H,5H2. The van der Waals surface area contributed by atoms with Gasteiger partial charge in [-0.25, -0.2) is 9.97 Å². The van der Waals surface area contributed by atoms with E-state index in [1.807, 2.05) is 24.3 Å². The van der Waals surface area contributed by atoms with Crippen LogP contribution in [-0.2, 0) is 6.42 Å². The van der Waals surface area contributed by atoms with Crippen molar-refractivity contribution >= 4 is 39.1 Å². The Bertz CT molecular complexity index is 480. The topological polar surface area (TPSA) is 25.8 Å². The molecule has 1 aromatic carbocycles. The molecule has 0 N–H and O–H groups in total. The van der Waals surface area contributed by atoms with Gasteiger partial charge < -0.3 is 0 Å². The van der Waals surface area contributed by atoms with E-state index in [0.717, 1.165) is 10.0 Å². The highest BCUT2D eigenvalue weighted by molar-refractivity contribution is 9.10. The molecule has 82 valence electrons. The maximum absolute atomic E-state index is 5.80. The van der Waals surface area contributed by atoms with E-state index in [1.165, 1.54) is 6.07 Å². The lowest BCUT2D eigenvalue weighted by Gasteiger charge is -2.02. The van der Waals surface area contributed by atoms with Crippen molar-refractivity contribution in [2.24, 2.45) is 0 Å². The fraction of sp³-hybridized carbons (Fsp3) is 0.0909. The summed E-state index contributed by atoms with van der Waals surface area (Å²) in [4.78, 5) is 8.22. The molecule has 0 aliphatic rings. The number of aromatic nitrogens is 2. The quantitative estimate of drug-likeness (QED) is 0.778. The molecule has 0 atom stereocenters. The molecular formula is C11H7BrCl2N2. The van der Waals surface area contributed by atoms with E-state index in [1.54, 1.807) is 0 Å². The summed E-state index contributed by atoms with van der Waals surface area (Å²) in [6, 6.07) is 9.47. The lowest BCUT2D eigenvalue weighted by atomic mass is 10.1. The molecular weight excluding hydrogens is 311 g/mol. The van der Waals surface area contributed by atoms with Crippen LogP contribution in [0.3, 0.4) is 0 Å². The average Bonchev–Trinajstić information content (AvgIpc) is 2.20. The molecule has 0 saturated carbocycles. The van der Waals surface area contributed by atoms with Crippen LogP contribution < -0.4 is 0 Å². The highest BCUT2D eigenvalue weighted by Crippen LogP contribution is 2.16. The van der Waals surface area contributed by atoms with Crippen molar-refractivity contribution in [2.45, 2.75) is 6.42 Å². The smallest absolute Gasteiger partial charge is 0.136 e. The number of halogens is 3. The van der Waals surface area contributed by atoms with Crippen LogP contribution in [0.2, 0.25) is 10.3 Å². The maximum atomic E-state index is 5.80. The molecule has 0 bridgehead atoms. The molecule has 2 nitrogen and oxygen atoms in total. The minimum atomic E-state index is 0.368. The van der Waals surface area contributed by atoms with Crippen molar-refractivity contribution in [3.63, 3.8) is 0 Å². The van der Waals surface area contributed by atoms with Gasteiger partial charge in [-0.15, -0.1) is 0 Å². The van der Waals surface area contributed by atoms with Gasteiger partial charge in [-0.2, -0.15) is 0 Å². The van der Waals surface area contributed by atoms with Crippen molar-refractivity contribution in [1.29, 1.82) is 0 Å². The van der Waals surface area contributed by atoms with Crippen LogP contribution in [0.5, 0.6) is 0 Å². The van der Waals surface area contributed by atoms with Crippen LogP contribution in [0.15, 0.2) is 34.8 Å². The average molecular weight is 318 g/mol. The number of benzene rings is 1. The Kier molecular flexibility index (Phi) is 3.79. The first-order valence-electron chi connectivity index (χ1n) is 4.57. The van der Waals surface area contributed by atoms with E-state index in [2.05, 4.69) is 25.9 Å². The zero-order valence-corrected chi connectivity index (χ0v) is 11.2. The summed E-state index contributed by atoms with van der Waals surface area (Å²) in [5, 5.41) is 0.735. The Morgan fingerprint density at radius 3 is 2.12 bits per heavy atom. The second-order valence-electron chi connectivity index (χ2n) is 3.23. The van der Waals surface area contributed by atoms with Gasteiger partial charge in [0, 0.05) is 17.0 Å². The van der Waals surface area contributed by atoms with Gasteiger partial charge in [0.25, 0.3) is 0 Å². The normalized spacial score (nSPS) is 10.4. The van der Waals surface area contributed by atoms with Gasteiger partial charge in [-0.05, 0) is 17.7 Å². The predicted octanol–water partition coefficient (Wildman–Crippen LogP) is 4.14. The molecule has 16 heavy (non-hydrogen) atoms. The second-order valence-corrected chi connectivity index (χ2v) is 4.92. The molecule has 0 radical (unpaired) electrons. The van der Waals surface area contributed by atoms with E-state index in [-0.39, 0.29) is 0 Å². The van der Waals surface area contributed by atoms with Gasteiger partial charge in [0.15, 0.2) is 0 Å². The molecule has 0 saturated heterocycles. The molecule has 0 amide bonds. The number of nitrogens with zero attached hydrogens (tertiary/aromatic N) is 2. The summed E-state index contributed by atoms with van der Waals surface area (Å²) in [7, 11) is 0. The Hall–Kier alpha value is -0.640. The summed E-state index contributed by atoms with van der Waals surface area (Å²) in [5.74, 6) is 0.625. The molecule has 0 aliphatic heterocycles. The van der Waals surface area contributed by atoms with Crippen molar-refractivity contribution in [1.82, 2.24) is 9.97 Å². The third-order valence-corrected chi connectivity index (χ3v) is 2.90. The number of hydrogen-bond donors (Lipinski definition) is 0. The van der Waals surface area contributed by atoms with Crippen LogP contribution in [0.25, 0.3) is 0 Å². The van der Waals surface area contributed by atoms with Crippen LogP contribution in [-0.4, -0.2) is 9.97 Å². The summed E-state index contributed by atoms with van der Waals surface area (Å²) < 4.78 is 1.04. The van der Waals surface area contributed by atoms with Gasteiger partial charge in [0.1, 0.15) is 16.1 Å². The highest BCUT2D eigenvalue weighted by atomic mass is 79.9. The molecule has 0 unspecified atom stereocenters. The second kappa shape index (κ2) is 5.13. The van der Waals surface area contributed by atoms with E-state index in [4.69, 9.17) is 23.2 Å². The zero-order chi connectivity index (χ0) is 11.5. The lowest BCUT2D eigenvalue weighted by molar-refractivity contribution is 0.968. The SMILES string of the molecule is Clc1cc(Cl)nc(Cc2ccc(Br)cc2)n1. The summed E-state index contributed by atoms with van der Waals surface area (Å²) in [6.07, 6.45) is 0.619. The number of hydrogen-bond acceptors (Lipinski definition) is 2. The Labute approximate surface area is 112 Å². The minimum absolute atomic E-state index is 0.368. The van der Waals surface area contributed by atoms with Crippen molar-refractivity contribution < 1.29 is 0 Å². The fourth-order valence-electron chi connectivity index (χ4n) is 1.30. The molecule has 5 heteroatoms. The maximum Gasteiger partial charge on any atom is 0.136 e. The first kappa shape index (κ1) is 11.8. The predicted molar refractivity (Wildman–Crippen MR) is 69.0 cm³/mol. The van der Waals surface area contributed by atoms with Crippen molar-refractivity contribution in [2.75, 3.05) is 0 Å². The third kappa shape index (κ3) is 3.17. The zero-order valence-electron chi connectivity index (χ0n) is 8.12. The first-order valence-corrected chi connectivity index (χ1v) is 6.12. The van der Waals surface area contributed by atoms with Gasteiger partial charge in [0.2, 0.25) is 0 Å². The van der Waals surface area contributed by atoms with Crippen LogP contribution in [0, 0.1) is 0 Å². The third-order valence-electron chi connectivity index (χ3n) is 1.99. The molecule has 0 spiro atoms. The van der Waals surface area contributed by atoms with Crippen LogP contribution >= 0.6 is 39.1 Å². The van der Waals surface area contributed by atoms with Crippen LogP contribution in [0.4, 0.5) is 0 Å². The molecule has 2 rings (SSSR count). The monoisotopic (exact) mass is 316 g/mol. The Balaban J connectivity index is 2.23. The van der Waals surface area contributed by atoms with E-state index >= 15 is 0 Å². The Morgan fingerprint density at radius 2 is 1.56 bits per heavy atom. The van der Waals surface area contributed by atoms with E-state index in [9.17, 15) is 0 Å². The largest absolute Gasteiger partial charge is 0.221 e. The van der Waals surface area contributed by atoms with Crippen LogP contribution in [0.1, 0.15) is 11.4 Å². The van der Waals surface area contributed by atoms with Gasteiger partial charge in [-0.3, -0.25) is 0 Å². The molecule has 1 aromatic heterocycles. The van der Waals surface area contributed by atoms with E-state index < -0.39 is 0 Å². The number of rotatable bonds is 2. The van der Waals surface area contributed by atoms with Gasteiger partial charge in [-0.1, -0.05) is 51.3 Å². The van der Waals surface area contributed by atoms with Gasteiger partial charge >= 0.3 is 0 Å².